The molecule has 2 aliphatic rings. The topological polar surface area (TPSA) is 50.8 Å². The number of benzene rings is 3. The Kier molecular flexibility index (Phi) is 5.78. The lowest BCUT2D eigenvalue weighted by atomic mass is 9.85. The van der Waals surface area contributed by atoms with E-state index in [1.54, 1.807) is 14.2 Å². The molecule has 5 heteroatoms. The Morgan fingerprint density at radius 1 is 0.909 bits per heavy atom. The van der Waals surface area contributed by atoms with Crippen molar-refractivity contribution in [2.24, 2.45) is 0 Å². The van der Waals surface area contributed by atoms with Gasteiger partial charge in [0.2, 0.25) is 0 Å². The summed E-state index contributed by atoms with van der Waals surface area (Å²) in [6.45, 7) is 0.634. The van der Waals surface area contributed by atoms with E-state index in [2.05, 4.69) is 40.5 Å². The number of nitrogens with one attached hydrogen (secondary N) is 1. The first-order chi connectivity index (χ1) is 16.2. The third kappa shape index (κ3) is 3.95. The Bertz CT molecular complexity index is 1200. The van der Waals surface area contributed by atoms with Gasteiger partial charge in [0, 0.05) is 29.8 Å². The summed E-state index contributed by atoms with van der Waals surface area (Å²) in [4.78, 5) is 15.7. The summed E-state index contributed by atoms with van der Waals surface area (Å²) < 4.78 is 11.1. The molecule has 0 spiro atoms. The van der Waals surface area contributed by atoms with Gasteiger partial charge in [-0.1, -0.05) is 42.5 Å². The number of carbonyl (C=O) groups is 1. The minimum atomic E-state index is -0.262. The van der Waals surface area contributed by atoms with Gasteiger partial charge in [0.1, 0.15) is 11.5 Å². The third-order valence-corrected chi connectivity index (χ3v) is 6.49. The normalized spacial score (nSPS) is 17.6. The highest BCUT2D eigenvalue weighted by Gasteiger charge is 2.37. The van der Waals surface area contributed by atoms with Crippen molar-refractivity contribution in [2.75, 3.05) is 24.4 Å². The van der Waals surface area contributed by atoms with Crippen LogP contribution in [0.5, 0.6) is 11.5 Å². The van der Waals surface area contributed by atoms with Crippen LogP contribution in [0.4, 0.5) is 11.4 Å². The number of hydrogen-bond acceptors (Lipinski definition) is 5. The maximum atomic E-state index is 13.4. The third-order valence-electron chi connectivity index (χ3n) is 6.49. The van der Waals surface area contributed by atoms with Crippen LogP contribution in [0.25, 0.3) is 0 Å². The van der Waals surface area contributed by atoms with E-state index in [1.165, 1.54) is 0 Å². The summed E-state index contributed by atoms with van der Waals surface area (Å²) in [6, 6.07) is 24.2. The molecular weight excluding hydrogens is 412 g/mol. The van der Waals surface area contributed by atoms with E-state index in [-0.39, 0.29) is 11.8 Å². The first-order valence-corrected chi connectivity index (χ1v) is 11.3. The number of ketones is 1. The lowest BCUT2D eigenvalue weighted by molar-refractivity contribution is -0.116. The van der Waals surface area contributed by atoms with E-state index in [4.69, 9.17) is 9.47 Å². The van der Waals surface area contributed by atoms with Gasteiger partial charge in [-0.15, -0.1) is 0 Å². The van der Waals surface area contributed by atoms with E-state index in [0.717, 1.165) is 58.1 Å². The van der Waals surface area contributed by atoms with Crippen molar-refractivity contribution in [3.05, 3.63) is 95.2 Å². The van der Waals surface area contributed by atoms with Crippen LogP contribution in [0.2, 0.25) is 0 Å². The van der Waals surface area contributed by atoms with Gasteiger partial charge in [0.05, 0.1) is 31.6 Å². The van der Waals surface area contributed by atoms with E-state index in [1.807, 2.05) is 42.5 Å². The van der Waals surface area contributed by atoms with Crippen LogP contribution in [0.1, 0.15) is 36.4 Å². The molecule has 0 radical (unpaired) electrons. The van der Waals surface area contributed by atoms with Crippen LogP contribution in [-0.2, 0) is 11.3 Å². The lowest BCUT2D eigenvalue weighted by Gasteiger charge is -2.36. The average molecular weight is 441 g/mol. The molecule has 1 aliphatic heterocycles. The van der Waals surface area contributed by atoms with Gasteiger partial charge in [-0.05, 0) is 48.7 Å². The SMILES string of the molecule is COc1ccc(CN2c3ccccc3NC3=C(C(=O)CCC3)[C@H]2c2ccccc2OC)cc1. The summed E-state index contributed by atoms with van der Waals surface area (Å²) >= 11 is 0. The van der Waals surface area contributed by atoms with Crippen molar-refractivity contribution >= 4 is 17.2 Å². The number of carbonyl (C=O) groups excluding carboxylic acids is 1. The lowest BCUT2D eigenvalue weighted by Crippen LogP contribution is -2.33. The second-order valence-electron chi connectivity index (χ2n) is 8.43. The predicted octanol–water partition coefficient (Wildman–Crippen LogP) is 5.88. The Balaban J connectivity index is 1.72. The number of ether oxygens (including phenoxy) is 2. The molecule has 0 fully saturated rings. The molecule has 1 N–H and O–H groups in total. The molecule has 0 amide bonds. The first-order valence-electron chi connectivity index (χ1n) is 11.3. The number of hydrogen-bond donors (Lipinski definition) is 1. The Morgan fingerprint density at radius 2 is 1.67 bits per heavy atom. The minimum Gasteiger partial charge on any atom is -0.497 e. The largest absolute Gasteiger partial charge is 0.497 e. The van der Waals surface area contributed by atoms with Gasteiger partial charge in [-0.25, -0.2) is 0 Å². The quantitative estimate of drug-likeness (QED) is 0.537. The monoisotopic (exact) mass is 440 g/mol. The number of nitrogens with zero attached hydrogens (tertiary/aromatic N) is 1. The fourth-order valence-corrected chi connectivity index (χ4v) is 4.92. The molecule has 1 aliphatic carbocycles. The molecule has 5 rings (SSSR count). The van der Waals surface area contributed by atoms with Gasteiger partial charge in [-0.3, -0.25) is 4.79 Å². The highest BCUT2D eigenvalue weighted by molar-refractivity contribution is 6.00. The van der Waals surface area contributed by atoms with Crippen molar-refractivity contribution in [1.29, 1.82) is 0 Å². The van der Waals surface area contributed by atoms with E-state index >= 15 is 0 Å². The van der Waals surface area contributed by atoms with Gasteiger partial charge >= 0.3 is 0 Å². The van der Waals surface area contributed by atoms with E-state index in [0.29, 0.717) is 13.0 Å². The molecule has 1 heterocycles. The van der Waals surface area contributed by atoms with Gasteiger partial charge in [0.15, 0.2) is 5.78 Å². The van der Waals surface area contributed by atoms with Crippen LogP contribution in [-0.4, -0.2) is 20.0 Å². The summed E-state index contributed by atoms with van der Waals surface area (Å²) in [6.07, 6.45) is 2.29. The minimum absolute atomic E-state index is 0.201. The van der Waals surface area contributed by atoms with Gasteiger partial charge < -0.3 is 19.7 Å². The Labute approximate surface area is 194 Å². The summed E-state index contributed by atoms with van der Waals surface area (Å²) in [5.74, 6) is 1.81. The number of para-hydroxylation sites is 3. The highest BCUT2D eigenvalue weighted by Crippen LogP contribution is 2.47. The number of Topliss-reactive ketones (excluding diaryl/α,β-unsaturated/α-hetero) is 1. The van der Waals surface area contributed by atoms with Crippen molar-refractivity contribution in [3.8, 4) is 11.5 Å². The molecule has 5 nitrogen and oxygen atoms in total. The molecular formula is C28H28N2O3. The maximum Gasteiger partial charge on any atom is 0.163 e. The molecule has 3 aromatic carbocycles. The maximum absolute atomic E-state index is 13.4. The number of methoxy groups -OCH3 is 2. The Hall–Kier alpha value is -3.73. The zero-order valence-electron chi connectivity index (χ0n) is 19.0. The zero-order valence-corrected chi connectivity index (χ0v) is 19.0. The number of anilines is 2. The molecule has 3 aromatic rings. The van der Waals surface area contributed by atoms with Crippen molar-refractivity contribution in [2.45, 2.75) is 31.8 Å². The second-order valence-corrected chi connectivity index (χ2v) is 8.43. The van der Waals surface area contributed by atoms with Gasteiger partial charge in [0.25, 0.3) is 0 Å². The summed E-state index contributed by atoms with van der Waals surface area (Å²) in [5.41, 5.74) is 6.08. The molecule has 0 unspecified atom stereocenters. The smallest absolute Gasteiger partial charge is 0.163 e. The fourth-order valence-electron chi connectivity index (χ4n) is 4.92. The number of allylic oxidation sites excluding steroid dienone is 1. The van der Waals surface area contributed by atoms with Crippen LogP contribution in [0, 0.1) is 0 Å². The fraction of sp³-hybridized carbons (Fsp3) is 0.250. The van der Waals surface area contributed by atoms with E-state index in [9.17, 15) is 4.79 Å². The molecule has 1 atom stereocenters. The van der Waals surface area contributed by atoms with Crippen LogP contribution in [0.15, 0.2) is 84.1 Å². The van der Waals surface area contributed by atoms with Gasteiger partial charge in [-0.2, -0.15) is 0 Å². The highest BCUT2D eigenvalue weighted by atomic mass is 16.5. The first kappa shape index (κ1) is 21.1. The molecule has 0 bridgehead atoms. The summed E-state index contributed by atoms with van der Waals surface area (Å²) in [5, 5.41) is 3.62. The van der Waals surface area contributed by atoms with Crippen LogP contribution < -0.4 is 19.7 Å². The molecule has 33 heavy (non-hydrogen) atoms. The zero-order chi connectivity index (χ0) is 22.8. The molecule has 0 saturated heterocycles. The standard InChI is InChI=1S/C28H28N2O3/c1-32-20-16-14-19(15-17-20)18-30-24-11-5-4-9-22(24)29-23-10-7-12-25(31)27(23)28(30)21-8-3-6-13-26(21)33-2/h3-6,8-9,11,13-17,28-29H,7,10,12,18H2,1-2H3/t28-/m1/s1. The summed E-state index contributed by atoms with van der Waals surface area (Å²) in [7, 11) is 3.36. The van der Waals surface area contributed by atoms with Crippen LogP contribution >= 0.6 is 0 Å². The van der Waals surface area contributed by atoms with E-state index < -0.39 is 0 Å². The molecule has 0 saturated carbocycles. The van der Waals surface area contributed by atoms with Crippen molar-refractivity contribution in [1.82, 2.24) is 0 Å². The van der Waals surface area contributed by atoms with Crippen LogP contribution in [0.3, 0.4) is 0 Å². The average Bonchev–Trinajstić information content (AvgIpc) is 2.99. The molecule has 0 aromatic heterocycles. The number of rotatable bonds is 5. The van der Waals surface area contributed by atoms with Crippen molar-refractivity contribution in [3.63, 3.8) is 0 Å². The second kappa shape index (κ2) is 9.02. The Morgan fingerprint density at radius 3 is 2.45 bits per heavy atom. The predicted molar refractivity (Wildman–Crippen MR) is 131 cm³/mol. The number of fused-ring (bicyclic) bond motifs is 1. The molecule has 168 valence electrons. The van der Waals surface area contributed by atoms with Crippen molar-refractivity contribution < 1.29 is 14.3 Å².